The number of aromatic hydroxyl groups is 1. The summed E-state index contributed by atoms with van der Waals surface area (Å²) < 4.78 is 5.48. The minimum Gasteiger partial charge on any atom is -0.507 e. The van der Waals surface area contributed by atoms with Crippen molar-refractivity contribution in [1.82, 2.24) is 0 Å². The third-order valence-electron chi connectivity index (χ3n) is 8.39. The lowest BCUT2D eigenvalue weighted by atomic mass is 9.78. The van der Waals surface area contributed by atoms with E-state index in [1.807, 2.05) is 0 Å². The first-order chi connectivity index (χ1) is 19.5. The standard InChI is InChI=1S/C38H68O3/c1-8-9-10-11-12-13-14-15-16-17-18-19-20-21-22-26-29-41-35(39)28-25-23-24-27-32-30-33(37(2,3)4)36(40)34(31-32)38(5,6)7/h30-31,40H,8-29H2,1-7H3. The second-order valence-corrected chi connectivity index (χ2v) is 14.6. The Kier molecular flexibility index (Phi) is 19.4. The highest BCUT2D eigenvalue weighted by molar-refractivity contribution is 5.69. The number of aryl methyl sites for hydroxylation is 1. The first-order valence-corrected chi connectivity index (χ1v) is 17.5. The average molecular weight is 573 g/mol. The first-order valence-electron chi connectivity index (χ1n) is 17.5. The van der Waals surface area contributed by atoms with Crippen LogP contribution in [-0.2, 0) is 26.8 Å². The highest BCUT2D eigenvalue weighted by atomic mass is 16.5. The molecule has 0 aliphatic heterocycles. The van der Waals surface area contributed by atoms with Gasteiger partial charge >= 0.3 is 5.97 Å². The van der Waals surface area contributed by atoms with E-state index in [1.54, 1.807) is 0 Å². The fourth-order valence-corrected chi connectivity index (χ4v) is 5.67. The predicted molar refractivity (Wildman–Crippen MR) is 178 cm³/mol. The van der Waals surface area contributed by atoms with Gasteiger partial charge in [-0.05, 0) is 53.2 Å². The fourth-order valence-electron chi connectivity index (χ4n) is 5.67. The first kappa shape index (κ1) is 37.5. The molecular weight excluding hydrogens is 504 g/mol. The van der Waals surface area contributed by atoms with E-state index in [0.29, 0.717) is 18.8 Å². The molecule has 0 radical (unpaired) electrons. The minimum absolute atomic E-state index is 0.0411. The fraction of sp³-hybridized carbons (Fsp3) is 0.816. The lowest BCUT2D eigenvalue weighted by molar-refractivity contribution is -0.143. The molecule has 0 aromatic heterocycles. The summed E-state index contributed by atoms with van der Waals surface area (Å²) in [5.41, 5.74) is 3.13. The van der Waals surface area contributed by atoms with E-state index in [2.05, 4.69) is 60.6 Å². The molecule has 3 heteroatoms. The molecule has 1 rings (SSSR count). The third kappa shape index (κ3) is 17.9. The molecule has 0 atom stereocenters. The molecule has 0 aliphatic carbocycles. The van der Waals surface area contributed by atoms with Gasteiger partial charge in [0, 0.05) is 6.42 Å². The van der Waals surface area contributed by atoms with E-state index >= 15 is 0 Å². The highest BCUT2D eigenvalue weighted by Crippen LogP contribution is 2.40. The van der Waals surface area contributed by atoms with Crippen LogP contribution in [0, 0.1) is 0 Å². The van der Waals surface area contributed by atoms with Crippen LogP contribution in [0.15, 0.2) is 12.1 Å². The van der Waals surface area contributed by atoms with Gasteiger partial charge in [0.05, 0.1) is 6.61 Å². The van der Waals surface area contributed by atoms with Gasteiger partial charge in [-0.25, -0.2) is 0 Å². The van der Waals surface area contributed by atoms with Crippen LogP contribution in [-0.4, -0.2) is 17.7 Å². The molecular formula is C38H68O3. The number of unbranched alkanes of at least 4 members (excludes halogenated alkanes) is 17. The van der Waals surface area contributed by atoms with Gasteiger partial charge in [-0.3, -0.25) is 4.79 Å². The van der Waals surface area contributed by atoms with Gasteiger partial charge in [0.2, 0.25) is 0 Å². The summed E-state index contributed by atoms with van der Waals surface area (Å²) in [5, 5.41) is 10.9. The lowest BCUT2D eigenvalue weighted by Gasteiger charge is -2.28. The molecule has 1 aromatic rings. The Hall–Kier alpha value is -1.51. The van der Waals surface area contributed by atoms with Crippen LogP contribution >= 0.6 is 0 Å². The van der Waals surface area contributed by atoms with E-state index < -0.39 is 0 Å². The van der Waals surface area contributed by atoms with E-state index in [1.165, 1.54) is 102 Å². The number of hydrogen-bond donors (Lipinski definition) is 1. The number of ether oxygens (including phenoxy) is 1. The van der Waals surface area contributed by atoms with Crippen molar-refractivity contribution >= 4 is 5.97 Å². The van der Waals surface area contributed by atoms with Crippen LogP contribution < -0.4 is 0 Å². The number of hydrogen-bond acceptors (Lipinski definition) is 3. The molecule has 0 unspecified atom stereocenters. The molecule has 0 saturated carbocycles. The van der Waals surface area contributed by atoms with Crippen molar-refractivity contribution in [3.8, 4) is 5.75 Å². The Bertz CT molecular complexity index is 777. The zero-order chi connectivity index (χ0) is 30.6. The summed E-state index contributed by atoms with van der Waals surface area (Å²) in [6.07, 6.45) is 26.1. The van der Waals surface area contributed by atoms with E-state index in [-0.39, 0.29) is 16.8 Å². The van der Waals surface area contributed by atoms with Gasteiger partial charge in [-0.2, -0.15) is 0 Å². The van der Waals surface area contributed by atoms with Crippen LogP contribution in [0.2, 0.25) is 0 Å². The summed E-state index contributed by atoms with van der Waals surface area (Å²) in [6.45, 7) is 15.8. The van der Waals surface area contributed by atoms with Gasteiger partial charge in [0.25, 0.3) is 0 Å². The zero-order valence-electron chi connectivity index (χ0n) is 28.5. The van der Waals surface area contributed by atoms with E-state index in [9.17, 15) is 9.90 Å². The maximum atomic E-state index is 12.1. The summed E-state index contributed by atoms with van der Waals surface area (Å²) >= 11 is 0. The van der Waals surface area contributed by atoms with Gasteiger partial charge in [-0.1, -0.05) is 163 Å². The molecule has 0 amide bonds. The van der Waals surface area contributed by atoms with Crippen molar-refractivity contribution in [1.29, 1.82) is 0 Å². The average Bonchev–Trinajstić information content (AvgIpc) is 2.89. The third-order valence-corrected chi connectivity index (χ3v) is 8.39. The van der Waals surface area contributed by atoms with Crippen LogP contribution in [0.4, 0.5) is 0 Å². The number of esters is 1. The topological polar surface area (TPSA) is 46.5 Å². The van der Waals surface area contributed by atoms with Crippen LogP contribution in [0.5, 0.6) is 5.75 Å². The summed E-state index contributed by atoms with van der Waals surface area (Å²) in [5.74, 6) is 0.404. The van der Waals surface area contributed by atoms with Gasteiger partial charge in [0.1, 0.15) is 5.75 Å². The number of phenolic OH excluding ortho intramolecular Hbond substituents is 1. The molecule has 0 bridgehead atoms. The quantitative estimate of drug-likeness (QED) is 0.105. The maximum absolute atomic E-state index is 12.1. The Morgan fingerprint density at radius 3 is 1.41 bits per heavy atom. The summed E-state index contributed by atoms with van der Waals surface area (Å²) in [7, 11) is 0. The van der Waals surface area contributed by atoms with E-state index in [4.69, 9.17) is 4.74 Å². The van der Waals surface area contributed by atoms with Crippen molar-refractivity contribution in [2.24, 2.45) is 0 Å². The summed E-state index contributed by atoms with van der Waals surface area (Å²) in [6, 6.07) is 4.35. The van der Waals surface area contributed by atoms with Crippen molar-refractivity contribution in [3.63, 3.8) is 0 Å². The Morgan fingerprint density at radius 2 is 1.00 bits per heavy atom. The lowest BCUT2D eigenvalue weighted by Crippen LogP contribution is -2.18. The Labute approximate surface area is 255 Å². The summed E-state index contributed by atoms with van der Waals surface area (Å²) in [4.78, 5) is 12.1. The number of rotatable bonds is 23. The van der Waals surface area contributed by atoms with Gasteiger partial charge in [0.15, 0.2) is 0 Å². The SMILES string of the molecule is CCCCCCCCCCCCCCCCCCOC(=O)CCCCCc1cc(C(C)(C)C)c(O)c(C(C)(C)C)c1. The maximum Gasteiger partial charge on any atom is 0.305 e. The van der Waals surface area contributed by atoms with E-state index in [0.717, 1.165) is 43.2 Å². The van der Waals surface area contributed by atoms with Gasteiger partial charge < -0.3 is 9.84 Å². The number of carbonyl (C=O) groups excluding carboxylic acids is 1. The van der Waals surface area contributed by atoms with Crippen LogP contribution in [0.25, 0.3) is 0 Å². The van der Waals surface area contributed by atoms with Crippen LogP contribution in [0.1, 0.15) is 194 Å². The smallest absolute Gasteiger partial charge is 0.305 e. The van der Waals surface area contributed by atoms with Crippen molar-refractivity contribution in [2.75, 3.05) is 6.61 Å². The molecule has 3 nitrogen and oxygen atoms in total. The molecule has 0 spiro atoms. The zero-order valence-corrected chi connectivity index (χ0v) is 28.5. The molecule has 0 aliphatic rings. The number of carbonyl (C=O) groups is 1. The second kappa shape index (κ2) is 21.2. The highest BCUT2D eigenvalue weighted by Gasteiger charge is 2.26. The van der Waals surface area contributed by atoms with Crippen molar-refractivity contribution < 1.29 is 14.6 Å². The molecule has 41 heavy (non-hydrogen) atoms. The Balaban J connectivity index is 2.05. The molecule has 1 N–H and O–H groups in total. The van der Waals surface area contributed by atoms with Crippen LogP contribution in [0.3, 0.4) is 0 Å². The molecule has 0 saturated heterocycles. The van der Waals surface area contributed by atoms with Crippen molar-refractivity contribution in [2.45, 2.75) is 194 Å². The molecule has 0 fully saturated rings. The normalized spacial score (nSPS) is 12.2. The minimum atomic E-state index is -0.101. The molecule has 0 heterocycles. The number of phenols is 1. The Morgan fingerprint density at radius 1 is 0.610 bits per heavy atom. The second-order valence-electron chi connectivity index (χ2n) is 14.6. The monoisotopic (exact) mass is 573 g/mol. The molecule has 238 valence electrons. The molecule has 1 aromatic carbocycles. The predicted octanol–water partition coefficient (Wildman–Crippen LogP) is 11.9. The largest absolute Gasteiger partial charge is 0.507 e. The number of benzene rings is 1. The van der Waals surface area contributed by atoms with Gasteiger partial charge in [-0.15, -0.1) is 0 Å². The van der Waals surface area contributed by atoms with Crippen molar-refractivity contribution in [3.05, 3.63) is 28.8 Å².